The molecule has 11 atom stereocenters. The average molecular weight is 678 g/mol. The minimum atomic E-state index is -5.66. The fourth-order valence-electron chi connectivity index (χ4n) is 4.26. The van der Waals surface area contributed by atoms with Crippen molar-refractivity contribution < 1.29 is 72.1 Å². The number of amides is 1. The van der Waals surface area contributed by atoms with Gasteiger partial charge < -0.3 is 55.8 Å². The molecule has 4 rings (SSSR count). The number of thiol groups is 1. The number of anilines is 1. The SMILES string of the molecule is Nc1nc2c(ncn2C2OC(COP(=O)(O)OP(=O)(O)OC3OC(CO)C(O)C(O)C3NC(=O)CS)C(O)C2O)c(=O)[nH]1. The molecule has 2 aromatic rings. The van der Waals surface area contributed by atoms with Crippen LogP contribution < -0.4 is 16.6 Å². The molecule has 11 unspecified atom stereocenters. The highest BCUT2D eigenvalue weighted by Crippen LogP contribution is 2.61. The number of hydrogen-bond acceptors (Lipinski definition) is 18. The van der Waals surface area contributed by atoms with Crippen LogP contribution in [0.15, 0.2) is 11.1 Å². The second-order valence-electron chi connectivity index (χ2n) is 9.20. The zero-order valence-electron chi connectivity index (χ0n) is 21.5. The number of imidazole rings is 1. The third kappa shape index (κ3) is 7.44. The number of aromatic nitrogens is 4. The van der Waals surface area contributed by atoms with Crippen LogP contribution in [-0.2, 0) is 36.8 Å². The van der Waals surface area contributed by atoms with Crippen LogP contribution >= 0.6 is 28.3 Å². The number of ether oxygens (including phenoxy) is 2. The van der Waals surface area contributed by atoms with Gasteiger partial charge >= 0.3 is 15.6 Å². The number of nitrogen functional groups attached to an aromatic ring is 1. The minimum absolute atomic E-state index is 0.122. The van der Waals surface area contributed by atoms with Gasteiger partial charge in [0, 0.05) is 0 Å². The molecular weight excluding hydrogens is 650 g/mol. The molecule has 2 aliphatic heterocycles. The van der Waals surface area contributed by atoms with Gasteiger partial charge in [-0.1, -0.05) is 0 Å². The van der Waals surface area contributed by atoms with Crippen molar-refractivity contribution in [2.24, 2.45) is 0 Å². The highest BCUT2D eigenvalue weighted by molar-refractivity contribution is 7.81. The molecule has 0 aliphatic carbocycles. The third-order valence-electron chi connectivity index (χ3n) is 6.26. The van der Waals surface area contributed by atoms with Crippen LogP contribution in [0.2, 0.25) is 0 Å². The number of phosphoric acid groups is 2. The smallest absolute Gasteiger partial charge is 0.394 e. The van der Waals surface area contributed by atoms with Crippen LogP contribution in [0.4, 0.5) is 5.95 Å². The predicted molar refractivity (Wildman–Crippen MR) is 140 cm³/mol. The van der Waals surface area contributed by atoms with Gasteiger partial charge in [0.15, 0.2) is 23.7 Å². The maximum absolute atomic E-state index is 12.6. The molecule has 25 heteroatoms. The van der Waals surface area contributed by atoms with E-state index in [-0.39, 0.29) is 17.1 Å². The minimum Gasteiger partial charge on any atom is -0.394 e. The standard InChI is InChI=1S/C18H28N6O16P2S/c19-18-22-14-9(15(31)23-18)20-4-24(14)16-13(30)11(28)6(37-16)2-36-41(32,33)40-42(34,35)39-17-8(21-7(26)3-43)12(29)10(27)5(1-25)38-17/h4-6,8,10-13,16-17,25,27-30,43H,1-3H2,(H,21,26)(H,32,33)(H,34,35)(H3,19,22,23,31). The van der Waals surface area contributed by atoms with Gasteiger partial charge in [-0.15, -0.1) is 0 Å². The van der Waals surface area contributed by atoms with Crippen molar-refractivity contribution in [3.05, 3.63) is 16.7 Å². The molecule has 1 amide bonds. The molecule has 0 bridgehead atoms. The zero-order valence-corrected chi connectivity index (χ0v) is 24.1. The first-order valence-corrected chi connectivity index (χ1v) is 15.7. The van der Waals surface area contributed by atoms with E-state index in [4.69, 9.17) is 19.7 Å². The second-order valence-corrected chi connectivity index (χ2v) is 12.5. The van der Waals surface area contributed by atoms with Crippen molar-refractivity contribution in [3.63, 3.8) is 0 Å². The number of nitrogens with one attached hydrogen (secondary N) is 2. The molecule has 2 aromatic heterocycles. The van der Waals surface area contributed by atoms with Gasteiger partial charge in [-0.05, 0) is 0 Å². The van der Waals surface area contributed by atoms with Crippen molar-refractivity contribution in [3.8, 4) is 0 Å². The molecule has 0 saturated carbocycles. The van der Waals surface area contributed by atoms with Crippen molar-refractivity contribution >= 4 is 51.3 Å². The molecule has 11 N–H and O–H groups in total. The van der Waals surface area contributed by atoms with Crippen molar-refractivity contribution in [1.82, 2.24) is 24.8 Å². The summed E-state index contributed by atoms with van der Waals surface area (Å²) in [4.78, 5) is 54.0. The normalized spacial score (nSPS) is 34.1. The first kappa shape index (κ1) is 33.8. The molecule has 22 nitrogen and oxygen atoms in total. The van der Waals surface area contributed by atoms with E-state index >= 15 is 0 Å². The van der Waals surface area contributed by atoms with E-state index in [0.717, 1.165) is 10.9 Å². The maximum atomic E-state index is 12.6. The van der Waals surface area contributed by atoms with E-state index in [1.807, 2.05) is 0 Å². The number of aliphatic hydroxyl groups excluding tert-OH is 5. The van der Waals surface area contributed by atoms with E-state index in [0.29, 0.717) is 0 Å². The fourth-order valence-corrected chi connectivity index (χ4v) is 6.51. The first-order valence-electron chi connectivity index (χ1n) is 12.0. The molecule has 43 heavy (non-hydrogen) atoms. The molecule has 242 valence electrons. The molecular formula is C18H28N6O16P2S. The summed E-state index contributed by atoms with van der Waals surface area (Å²) in [7, 11) is -11.2. The Morgan fingerprint density at radius 3 is 2.44 bits per heavy atom. The predicted octanol–water partition coefficient (Wildman–Crippen LogP) is -4.57. The number of hydrogen-bond donors (Lipinski definition) is 11. The first-order chi connectivity index (χ1) is 20.1. The lowest BCUT2D eigenvalue weighted by Gasteiger charge is -2.42. The monoisotopic (exact) mass is 678 g/mol. The van der Waals surface area contributed by atoms with Gasteiger partial charge in [-0.3, -0.25) is 28.2 Å². The fraction of sp³-hybridized carbons (Fsp3) is 0.667. The topological polar surface area (TPSA) is 341 Å². The van der Waals surface area contributed by atoms with E-state index in [1.54, 1.807) is 0 Å². The number of aromatic amines is 1. The summed E-state index contributed by atoms with van der Waals surface area (Å²) >= 11 is 3.73. The quantitative estimate of drug-likeness (QED) is 0.0787. The molecule has 0 spiro atoms. The number of carbonyl (C=O) groups is 1. The van der Waals surface area contributed by atoms with Gasteiger partial charge in [0.25, 0.3) is 5.56 Å². The summed E-state index contributed by atoms with van der Waals surface area (Å²) in [5, 5.41) is 52.8. The second kappa shape index (κ2) is 13.1. The van der Waals surface area contributed by atoms with Crippen molar-refractivity contribution in [1.29, 1.82) is 0 Å². The number of H-pyrrole nitrogens is 1. The van der Waals surface area contributed by atoms with Gasteiger partial charge in [-0.2, -0.15) is 21.9 Å². The summed E-state index contributed by atoms with van der Waals surface area (Å²) in [6.45, 7) is -1.92. The Morgan fingerprint density at radius 1 is 1.12 bits per heavy atom. The van der Waals surface area contributed by atoms with E-state index < -0.39 is 101 Å². The summed E-state index contributed by atoms with van der Waals surface area (Å²) < 4.78 is 50.3. The number of rotatable bonds is 11. The molecule has 0 radical (unpaired) electrons. The average Bonchev–Trinajstić information content (AvgIpc) is 3.46. The van der Waals surface area contributed by atoms with E-state index in [2.05, 4.69) is 41.7 Å². The zero-order chi connectivity index (χ0) is 31.9. The Kier molecular flexibility index (Phi) is 10.3. The van der Waals surface area contributed by atoms with E-state index in [1.165, 1.54) is 0 Å². The lowest BCUT2D eigenvalue weighted by molar-refractivity contribution is -0.247. The van der Waals surface area contributed by atoms with Crippen LogP contribution in [-0.4, -0.2) is 129 Å². The van der Waals surface area contributed by atoms with Crippen LogP contribution in [0.3, 0.4) is 0 Å². The van der Waals surface area contributed by atoms with Crippen LogP contribution in [0, 0.1) is 0 Å². The number of fused-ring (bicyclic) bond motifs is 1. The Balaban J connectivity index is 1.42. The summed E-state index contributed by atoms with van der Waals surface area (Å²) in [5.74, 6) is -1.55. The molecule has 2 aliphatic rings. The number of nitrogens with two attached hydrogens (primary N) is 1. The highest BCUT2D eigenvalue weighted by Gasteiger charge is 2.50. The van der Waals surface area contributed by atoms with Crippen LogP contribution in [0.5, 0.6) is 0 Å². The molecule has 2 saturated heterocycles. The highest BCUT2D eigenvalue weighted by atomic mass is 32.1. The van der Waals surface area contributed by atoms with Gasteiger partial charge in [-0.25, -0.2) is 14.1 Å². The van der Waals surface area contributed by atoms with Gasteiger partial charge in [0.1, 0.15) is 42.7 Å². The Bertz CT molecular complexity index is 1480. The Morgan fingerprint density at radius 2 is 1.79 bits per heavy atom. The summed E-state index contributed by atoms with van der Waals surface area (Å²) in [5.41, 5.74) is 4.54. The molecule has 0 aromatic carbocycles. The Labute approximate surface area is 245 Å². The van der Waals surface area contributed by atoms with E-state index in [9.17, 15) is 54.0 Å². The maximum Gasteiger partial charge on any atom is 0.483 e. The molecule has 2 fully saturated rings. The number of carbonyl (C=O) groups excluding carboxylic acids is 1. The van der Waals surface area contributed by atoms with Crippen LogP contribution in [0.25, 0.3) is 11.2 Å². The van der Waals surface area contributed by atoms with Crippen molar-refractivity contribution in [2.75, 3.05) is 24.7 Å². The summed E-state index contributed by atoms with van der Waals surface area (Å²) in [6.07, 6.45) is -12.8. The number of nitrogens with zero attached hydrogens (tertiary/aromatic N) is 3. The number of phosphoric ester groups is 2. The van der Waals surface area contributed by atoms with Gasteiger partial charge in [0.05, 0.1) is 25.3 Å². The van der Waals surface area contributed by atoms with Crippen molar-refractivity contribution in [2.45, 2.75) is 55.2 Å². The number of aliphatic hydroxyl groups is 5. The van der Waals surface area contributed by atoms with Gasteiger partial charge in [0.2, 0.25) is 11.9 Å². The lowest BCUT2D eigenvalue weighted by Crippen LogP contribution is -2.64. The summed E-state index contributed by atoms with van der Waals surface area (Å²) in [6, 6.07) is -1.74. The Hall–Kier alpha value is -2.05. The largest absolute Gasteiger partial charge is 0.483 e. The lowest BCUT2D eigenvalue weighted by atomic mass is 9.97. The third-order valence-corrected chi connectivity index (χ3v) is 9.15. The molecule has 4 heterocycles. The van der Waals surface area contributed by atoms with Crippen LogP contribution in [0.1, 0.15) is 6.23 Å².